The Labute approximate surface area is 126 Å². The van der Waals surface area contributed by atoms with Crippen LogP contribution in [0, 0.1) is 11.3 Å². The van der Waals surface area contributed by atoms with Crippen LogP contribution in [-0.4, -0.2) is 29.8 Å². The monoisotopic (exact) mass is 297 g/mol. The van der Waals surface area contributed by atoms with E-state index in [1.807, 2.05) is 19.9 Å². The molecule has 1 fully saturated rings. The number of carbonyl (C=O) groups excluding carboxylic acids is 1. The minimum atomic E-state index is -0.982. The Morgan fingerprint density at radius 3 is 2.57 bits per heavy atom. The molecule has 0 saturated heterocycles. The molecule has 1 aliphatic rings. The lowest BCUT2D eigenvalue weighted by Gasteiger charge is -2.25. The van der Waals surface area contributed by atoms with Gasteiger partial charge in [-0.15, -0.1) is 6.58 Å². The van der Waals surface area contributed by atoms with Crippen molar-refractivity contribution < 1.29 is 19.4 Å². The summed E-state index contributed by atoms with van der Waals surface area (Å²) in [4.78, 5) is 23.1. The Balaban J connectivity index is 2.43. The molecule has 0 radical (unpaired) electrons. The predicted molar refractivity (Wildman–Crippen MR) is 81.1 cm³/mol. The van der Waals surface area contributed by atoms with Crippen molar-refractivity contribution >= 4 is 12.1 Å². The summed E-state index contributed by atoms with van der Waals surface area (Å²) < 4.78 is 5.20. The fraction of sp³-hybridized carbons (Fsp3) is 0.750. The molecule has 1 amide bonds. The first kappa shape index (κ1) is 17.5. The van der Waals surface area contributed by atoms with E-state index in [-0.39, 0.29) is 17.9 Å². The zero-order valence-corrected chi connectivity index (χ0v) is 13.1. The van der Waals surface area contributed by atoms with Crippen molar-refractivity contribution in [1.82, 2.24) is 5.32 Å². The van der Waals surface area contributed by atoms with Gasteiger partial charge in [-0.3, -0.25) is 0 Å². The molecule has 0 aromatic rings. The minimum absolute atomic E-state index is 0.0174. The quantitative estimate of drug-likeness (QED) is 0.674. The van der Waals surface area contributed by atoms with E-state index in [0.717, 1.165) is 38.5 Å². The molecule has 1 aliphatic carbocycles. The van der Waals surface area contributed by atoms with Crippen molar-refractivity contribution in [3.8, 4) is 0 Å². The Morgan fingerprint density at radius 2 is 2.05 bits per heavy atom. The Morgan fingerprint density at radius 1 is 1.43 bits per heavy atom. The first-order valence-electron chi connectivity index (χ1n) is 7.63. The molecular formula is C16H27NO4. The van der Waals surface area contributed by atoms with Crippen LogP contribution in [0.5, 0.6) is 0 Å². The molecule has 2 N–H and O–H groups in total. The molecule has 0 unspecified atom stereocenters. The number of carboxylic acid groups (broad SMARTS) is 1. The molecule has 5 heteroatoms. The van der Waals surface area contributed by atoms with Crippen molar-refractivity contribution in [2.24, 2.45) is 11.3 Å². The number of alkyl carbamates (subject to hydrolysis) is 1. The Bertz CT molecular complexity index is 372. The van der Waals surface area contributed by atoms with Crippen molar-refractivity contribution in [2.75, 3.05) is 6.61 Å². The summed E-state index contributed by atoms with van der Waals surface area (Å²) in [5.74, 6) is -0.964. The number of hydrogen-bond donors (Lipinski definition) is 2. The highest BCUT2D eigenvalue weighted by Crippen LogP contribution is 2.28. The smallest absolute Gasteiger partial charge is 0.407 e. The van der Waals surface area contributed by atoms with Crippen LogP contribution in [0.1, 0.15) is 52.4 Å². The van der Waals surface area contributed by atoms with Gasteiger partial charge < -0.3 is 15.2 Å². The van der Waals surface area contributed by atoms with Crippen molar-refractivity contribution in [2.45, 2.75) is 58.4 Å². The molecule has 0 heterocycles. The Hall–Kier alpha value is -1.52. The SMILES string of the molecule is C=CCCC(C)(C)COC(=O)N[C@H](C(=O)O)C1CCCC1. The van der Waals surface area contributed by atoms with Crippen LogP contribution >= 0.6 is 0 Å². The van der Waals surface area contributed by atoms with E-state index < -0.39 is 18.1 Å². The topological polar surface area (TPSA) is 75.6 Å². The maximum Gasteiger partial charge on any atom is 0.407 e. The van der Waals surface area contributed by atoms with Gasteiger partial charge in [-0.25, -0.2) is 9.59 Å². The molecule has 21 heavy (non-hydrogen) atoms. The maximum absolute atomic E-state index is 11.8. The van der Waals surface area contributed by atoms with Gasteiger partial charge in [0.1, 0.15) is 6.04 Å². The second-order valence-electron chi connectivity index (χ2n) is 6.57. The summed E-state index contributed by atoms with van der Waals surface area (Å²) in [6, 6.07) is -0.837. The summed E-state index contributed by atoms with van der Waals surface area (Å²) in [5, 5.41) is 11.8. The van der Waals surface area contributed by atoms with E-state index in [4.69, 9.17) is 4.74 Å². The fourth-order valence-electron chi connectivity index (χ4n) is 2.67. The van der Waals surface area contributed by atoms with Crippen LogP contribution in [0.4, 0.5) is 4.79 Å². The molecule has 0 aromatic carbocycles. The van der Waals surface area contributed by atoms with E-state index in [1.54, 1.807) is 0 Å². The van der Waals surface area contributed by atoms with Crippen molar-refractivity contribution in [3.05, 3.63) is 12.7 Å². The average Bonchev–Trinajstić information content (AvgIpc) is 2.94. The molecule has 5 nitrogen and oxygen atoms in total. The average molecular weight is 297 g/mol. The van der Waals surface area contributed by atoms with Gasteiger partial charge in [-0.05, 0) is 37.0 Å². The standard InChI is InChI=1S/C16H27NO4/c1-4-5-10-16(2,3)11-21-15(20)17-13(14(18)19)12-8-6-7-9-12/h4,12-13H,1,5-11H2,2-3H3,(H,17,20)(H,18,19)/t13-/m0/s1. The number of carboxylic acids is 1. The molecule has 0 spiro atoms. The molecule has 0 aromatic heterocycles. The molecule has 120 valence electrons. The van der Waals surface area contributed by atoms with Gasteiger partial charge in [0.05, 0.1) is 6.61 Å². The van der Waals surface area contributed by atoms with Gasteiger partial charge in [0, 0.05) is 0 Å². The van der Waals surface area contributed by atoms with Gasteiger partial charge in [0.15, 0.2) is 0 Å². The summed E-state index contributed by atoms with van der Waals surface area (Å²) in [6.45, 7) is 7.96. The van der Waals surface area contributed by atoms with Gasteiger partial charge >= 0.3 is 12.1 Å². The third-order valence-electron chi connectivity index (χ3n) is 4.03. The number of rotatable bonds is 8. The number of ether oxygens (including phenoxy) is 1. The van der Waals surface area contributed by atoms with Gasteiger partial charge in [0.2, 0.25) is 0 Å². The zero-order chi connectivity index (χ0) is 15.9. The zero-order valence-electron chi connectivity index (χ0n) is 13.1. The molecule has 1 saturated carbocycles. The second kappa shape index (κ2) is 8.05. The van der Waals surface area contributed by atoms with Crippen LogP contribution in [0.2, 0.25) is 0 Å². The normalized spacial score (nSPS) is 17.2. The highest BCUT2D eigenvalue weighted by molar-refractivity contribution is 5.80. The summed E-state index contributed by atoms with van der Waals surface area (Å²) >= 11 is 0. The van der Waals surface area contributed by atoms with Crippen LogP contribution < -0.4 is 5.32 Å². The largest absolute Gasteiger partial charge is 0.480 e. The predicted octanol–water partition coefficient (Wildman–Crippen LogP) is 3.35. The first-order chi connectivity index (χ1) is 9.85. The van der Waals surface area contributed by atoms with Crippen molar-refractivity contribution in [3.63, 3.8) is 0 Å². The van der Waals surface area contributed by atoms with Crippen molar-refractivity contribution in [1.29, 1.82) is 0 Å². The number of allylic oxidation sites excluding steroid dienone is 1. The van der Waals surface area contributed by atoms with Gasteiger partial charge in [-0.1, -0.05) is 32.8 Å². The van der Waals surface area contributed by atoms with E-state index in [2.05, 4.69) is 11.9 Å². The summed E-state index contributed by atoms with van der Waals surface area (Å²) in [5.41, 5.74) is -0.141. The summed E-state index contributed by atoms with van der Waals surface area (Å²) in [6.07, 6.45) is 6.68. The minimum Gasteiger partial charge on any atom is -0.480 e. The van der Waals surface area contributed by atoms with E-state index in [0.29, 0.717) is 0 Å². The van der Waals surface area contributed by atoms with Crippen LogP contribution in [0.15, 0.2) is 12.7 Å². The molecule has 1 rings (SSSR count). The third kappa shape index (κ3) is 6.19. The number of carbonyl (C=O) groups is 2. The van der Waals surface area contributed by atoms with Crippen LogP contribution in [-0.2, 0) is 9.53 Å². The first-order valence-corrected chi connectivity index (χ1v) is 7.63. The molecule has 1 atom stereocenters. The maximum atomic E-state index is 11.8. The van der Waals surface area contributed by atoms with Crippen LogP contribution in [0.25, 0.3) is 0 Å². The molecule has 0 bridgehead atoms. The highest BCUT2D eigenvalue weighted by atomic mass is 16.5. The second-order valence-corrected chi connectivity index (χ2v) is 6.57. The van der Waals surface area contributed by atoms with E-state index >= 15 is 0 Å². The number of hydrogen-bond acceptors (Lipinski definition) is 3. The van der Waals surface area contributed by atoms with Crippen LogP contribution in [0.3, 0.4) is 0 Å². The lowest BCUT2D eigenvalue weighted by molar-refractivity contribution is -0.140. The number of aliphatic carboxylic acids is 1. The lowest BCUT2D eigenvalue weighted by Crippen LogP contribution is -2.46. The Kier molecular flexibility index (Phi) is 6.72. The fourth-order valence-corrected chi connectivity index (χ4v) is 2.67. The third-order valence-corrected chi connectivity index (χ3v) is 4.03. The number of amides is 1. The summed E-state index contributed by atoms with van der Waals surface area (Å²) in [7, 11) is 0. The van der Waals surface area contributed by atoms with Gasteiger partial charge in [0.25, 0.3) is 0 Å². The lowest BCUT2D eigenvalue weighted by atomic mass is 9.89. The highest BCUT2D eigenvalue weighted by Gasteiger charge is 2.32. The molecular weight excluding hydrogens is 270 g/mol. The number of nitrogens with one attached hydrogen (secondary N) is 1. The van der Waals surface area contributed by atoms with E-state index in [1.165, 1.54) is 0 Å². The van der Waals surface area contributed by atoms with Gasteiger partial charge in [-0.2, -0.15) is 0 Å². The van der Waals surface area contributed by atoms with E-state index in [9.17, 15) is 14.7 Å². The molecule has 0 aliphatic heterocycles.